The molecular formula is C14H26N2O2. The van der Waals surface area contributed by atoms with Gasteiger partial charge >= 0.3 is 0 Å². The highest BCUT2D eigenvalue weighted by molar-refractivity contribution is 4.90. The molecule has 0 saturated carbocycles. The van der Waals surface area contributed by atoms with Crippen LogP contribution in [-0.2, 0) is 9.47 Å². The Hall–Kier alpha value is -0.160. The van der Waals surface area contributed by atoms with Crippen LogP contribution >= 0.6 is 0 Å². The largest absolute Gasteiger partial charge is 0.380 e. The minimum absolute atomic E-state index is 0.490. The van der Waals surface area contributed by atoms with E-state index in [0.717, 1.165) is 19.9 Å². The van der Waals surface area contributed by atoms with Crippen LogP contribution < -0.4 is 0 Å². The van der Waals surface area contributed by atoms with E-state index in [9.17, 15) is 0 Å². The topological polar surface area (TPSA) is 24.9 Å². The summed E-state index contributed by atoms with van der Waals surface area (Å²) in [6.07, 6.45) is 5.47. The van der Waals surface area contributed by atoms with Crippen LogP contribution in [0.1, 0.15) is 25.7 Å². The molecule has 0 unspecified atom stereocenters. The lowest BCUT2D eigenvalue weighted by Gasteiger charge is -2.47. The van der Waals surface area contributed by atoms with E-state index < -0.39 is 0 Å². The lowest BCUT2D eigenvalue weighted by molar-refractivity contribution is -0.151. The highest BCUT2D eigenvalue weighted by Gasteiger charge is 2.41. The summed E-state index contributed by atoms with van der Waals surface area (Å²) in [7, 11) is 2.20. The smallest absolute Gasteiger partial charge is 0.0994 e. The SMILES string of the molecule is CN1CCC(OCN2CCC3(CC2)COC3)CC1. The molecule has 0 bridgehead atoms. The fraction of sp³-hybridized carbons (Fsp3) is 1.00. The average Bonchev–Trinajstić information content (AvgIpc) is 2.37. The number of hydrogen-bond donors (Lipinski definition) is 0. The molecule has 18 heavy (non-hydrogen) atoms. The summed E-state index contributed by atoms with van der Waals surface area (Å²) < 4.78 is 11.4. The number of nitrogens with zero attached hydrogens (tertiary/aromatic N) is 2. The van der Waals surface area contributed by atoms with Crippen LogP contribution in [0.5, 0.6) is 0 Å². The summed E-state index contributed by atoms with van der Waals surface area (Å²) >= 11 is 0. The molecule has 0 N–H and O–H groups in total. The van der Waals surface area contributed by atoms with Crippen molar-refractivity contribution in [3.63, 3.8) is 0 Å². The fourth-order valence-electron chi connectivity index (χ4n) is 3.20. The molecule has 3 aliphatic heterocycles. The van der Waals surface area contributed by atoms with Crippen LogP contribution in [0.25, 0.3) is 0 Å². The van der Waals surface area contributed by atoms with Gasteiger partial charge in [-0.05, 0) is 32.7 Å². The summed E-state index contributed by atoms with van der Waals surface area (Å²) in [6, 6.07) is 0. The van der Waals surface area contributed by atoms with Crippen LogP contribution in [0.3, 0.4) is 0 Å². The molecule has 0 aromatic heterocycles. The van der Waals surface area contributed by atoms with E-state index in [-0.39, 0.29) is 0 Å². The van der Waals surface area contributed by atoms with Crippen LogP contribution in [-0.4, -0.2) is 69.1 Å². The predicted molar refractivity (Wildman–Crippen MR) is 70.5 cm³/mol. The molecule has 104 valence electrons. The van der Waals surface area contributed by atoms with Gasteiger partial charge in [0.15, 0.2) is 0 Å². The quantitative estimate of drug-likeness (QED) is 0.755. The summed E-state index contributed by atoms with van der Waals surface area (Å²) in [4.78, 5) is 4.86. The van der Waals surface area contributed by atoms with E-state index in [1.807, 2.05) is 0 Å². The lowest BCUT2D eigenvalue weighted by atomic mass is 9.77. The highest BCUT2D eigenvalue weighted by Crippen LogP contribution is 2.38. The van der Waals surface area contributed by atoms with Crippen LogP contribution in [0.2, 0.25) is 0 Å². The average molecular weight is 254 g/mol. The molecule has 0 radical (unpaired) electrons. The van der Waals surface area contributed by atoms with E-state index in [1.54, 1.807) is 0 Å². The van der Waals surface area contributed by atoms with Gasteiger partial charge in [-0.15, -0.1) is 0 Å². The third kappa shape index (κ3) is 2.87. The first kappa shape index (κ1) is 12.9. The summed E-state index contributed by atoms with van der Waals surface area (Å²) in [5, 5.41) is 0. The van der Waals surface area contributed by atoms with Crippen molar-refractivity contribution >= 4 is 0 Å². The molecule has 3 saturated heterocycles. The van der Waals surface area contributed by atoms with Gasteiger partial charge in [0.25, 0.3) is 0 Å². The fourth-order valence-corrected chi connectivity index (χ4v) is 3.20. The van der Waals surface area contributed by atoms with Gasteiger partial charge in [0.1, 0.15) is 0 Å². The first-order valence-corrected chi connectivity index (χ1v) is 7.36. The summed E-state index contributed by atoms with van der Waals surface area (Å²) in [6.45, 7) is 7.58. The molecule has 0 aromatic carbocycles. The lowest BCUT2D eigenvalue weighted by Crippen LogP contribution is -2.51. The minimum atomic E-state index is 0.490. The molecule has 3 rings (SSSR count). The Morgan fingerprint density at radius 1 is 1.11 bits per heavy atom. The summed E-state index contributed by atoms with van der Waals surface area (Å²) in [5.41, 5.74) is 0.546. The van der Waals surface area contributed by atoms with Gasteiger partial charge in [-0.25, -0.2) is 0 Å². The van der Waals surface area contributed by atoms with Crippen molar-refractivity contribution in [2.75, 3.05) is 53.2 Å². The van der Waals surface area contributed by atoms with Crippen molar-refractivity contribution in [3.8, 4) is 0 Å². The molecule has 1 spiro atoms. The molecule has 3 aliphatic rings. The molecule has 3 heterocycles. The Labute approximate surface area is 110 Å². The van der Waals surface area contributed by atoms with E-state index in [0.29, 0.717) is 11.5 Å². The number of likely N-dealkylation sites (tertiary alicyclic amines) is 2. The molecular weight excluding hydrogens is 228 g/mol. The van der Waals surface area contributed by atoms with E-state index in [1.165, 1.54) is 51.9 Å². The van der Waals surface area contributed by atoms with Gasteiger partial charge in [-0.1, -0.05) is 0 Å². The van der Waals surface area contributed by atoms with Gasteiger partial charge in [0, 0.05) is 31.6 Å². The number of ether oxygens (including phenoxy) is 2. The Balaban J connectivity index is 1.34. The zero-order chi connectivity index (χ0) is 12.4. The van der Waals surface area contributed by atoms with E-state index in [4.69, 9.17) is 9.47 Å². The third-order valence-corrected chi connectivity index (χ3v) is 4.89. The van der Waals surface area contributed by atoms with Crippen molar-refractivity contribution < 1.29 is 9.47 Å². The van der Waals surface area contributed by atoms with Crippen molar-refractivity contribution in [3.05, 3.63) is 0 Å². The van der Waals surface area contributed by atoms with Gasteiger partial charge in [0.05, 0.1) is 26.0 Å². The molecule has 3 fully saturated rings. The highest BCUT2D eigenvalue weighted by atomic mass is 16.5. The maximum Gasteiger partial charge on any atom is 0.0994 e. The van der Waals surface area contributed by atoms with Crippen molar-refractivity contribution in [1.82, 2.24) is 9.80 Å². The monoisotopic (exact) mass is 254 g/mol. The van der Waals surface area contributed by atoms with Crippen LogP contribution in [0, 0.1) is 5.41 Å². The molecule has 0 aromatic rings. The molecule has 0 aliphatic carbocycles. The second-order valence-electron chi connectivity index (χ2n) is 6.41. The number of piperidine rings is 2. The van der Waals surface area contributed by atoms with Crippen LogP contribution in [0.15, 0.2) is 0 Å². The molecule has 0 amide bonds. The second kappa shape index (κ2) is 5.45. The van der Waals surface area contributed by atoms with Gasteiger partial charge in [-0.2, -0.15) is 0 Å². The summed E-state index contributed by atoms with van der Waals surface area (Å²) in [5.74, 6) is 0. The number of rotatable bonds is 3. The second-order valence-corrected chi connectivity index (χ2v) is 6.41. The number of hydrogen-bond acceptors (Lipinski definition) is 4. The normalized spacial score (nSPS) is 30.5. The van der Waals surface area contributed by atoms with E-state index in [2.05, 4.69) is 16.8 Å². The predicted octanol–water partition coefficient (Wildman–Crippen LogP) is 1.17. The first-order valence-electron chi connectivity index (χ1n) is 7.36. The molecule has 4 heteroatoms. The Bertz CT molecular complexity index is 263. The van der Waals surface area contributed by atoms with Gasteiger partial charge in [0.2, 0.25) is 0 Å². The van der Waals surface area contributed by atoms with E-state index >= 15 is 0 Å². The van der Waals surface area contributed by atoms with Gasteiger partial charge in [-0.3, -0.25) is 4.90 Å². The van der Waals surface area contributed by atoms with Crippen molar-refractivity contribution in [2.45, 2.75) is 31.8 Å². The minimum Gasteiger partial charge on any atom is -0.380 e. The Morgan fingerprint density at radius 2 is 1.78 bits per heavy atom. The molecule has 4 nitrogen and oxygen atoms in total. The van der Waals surface area contributed by atoms with Crippen molar-refractivity contribution in [1.29, 1.82) is 0 Å². The van der Waals surface area contributed by atoms with Gasteiger partial charge < -0.3 is 14.4 Å². The maximum absolute atomic E-state index is 6.06. The molecule has 0 atom stereocenters. The maximum atomic E-state index is 6.06. The standard InChI is InChI=1S/C14H26N2O2/c1-15-6-2-13(3-7-15)18-12-16-8-4-14(5-9-16)10-17-11-14/h13H,2-12H2,1H3. The Morgan fingerprint density at radius 3 is 2.33 bits per heavy atom. The van der Waals surface area contributed by atoms with Crippen molar-refractivity contribution in [2.24, 2.45) is 5.41 Å². The third-order valence-electron chi connectivity index (χ3n) is 4.89. The zero-order valence-corrected chi connectivity index (χ0v) is 11.6. The zero-order valence-electron chi connectivity index (χ0n) is 11.6. The first-order chi connectivity index (χ1) is 8.76. The van der Waals surface area contributed by atoms with Crippen LogP contribution in [0.4, 0.5) is 0 Å². The Kier molecular flexibility index (Phi) is 3.89.